The fourth-order valence-electron chi connectivity index (χ4n) is 3.15. The summed E-state index contributed by atoms with van der Waals surface area (Å²) in [7, 11) is 0. The van der Waals surface area contributed by atoms with Crippen LogP contribution in [-0.2, 0) is 17.6 Å². The van der Waals surface area contributed by atoms with Crippen LogP contribution in [0.25, 0.3) is 11.3 Å². The molecule has 0 radical (unpaired) electrons. The first-order chi connectivity index (χ1) is 13.6. The van der Waals surface area contributed by atoms with Gasteiger partial charge in [-0.15, -0.1) is 11.3 Å². The Morgan fingerprint density at radius 1 is 1.43 bits per heavy atom. The summed E-state index contributed by atoms with van der Waals surface area (Å²) in [5.74, 6) is 0.252. The third-order valence-corrected chi connectivity index (χ3v) is 5.83. The molecule has 0 saturated carbocycles. The van der Waals surface area contributed by atoms with Gasteiger partial charge in [0.25, 0.3) is 0 Å². The van der Waals surface area contributed by atoms with E-state index in [4.69, 9.17) is 4.74 Å². The molecule has 0 aliphatic carbocycles. The molecule has 1 aromatic carbocycles. The topological polar surface area (TPSA) is 64.1 Å². The smallest absolute Gasteiger partial charge is 0.225 e. The van der Waals surface area contributed by atoms with Gasteiger partial charge in [-0.2, -0.15) is 0 Å². The maximum Gasteiger partial charge on any atom is 0.225 e. The molecule has 1 aliphatic heterocycles. The summed E-state index contributed by atoms with van der Waals surface area (Å²) in [6.45, 7) is 0.375. The van der Waals surface area contributed by atoms with E-state index in [1.807, 2.05) is 23.8 Å². The number of hydrogen-bond acceptors (Lipinski definition) is 6. The summed E-state index contributed by atoms with van der Waals surface area (Å²) < 4.78 is 20.2. The molecular weight excluding hydrogens is 397 g/mol. The molecule has 0 bridgehead atoms. The summed E-state index contributed by atoms with van der Waals surface area (Å²) in [5.41, 5.74) is 2.02. The molecule has 144 valence electrons. The van der Waals surface area contributed by atoms with Gasteiger partial charge in [0.05, 0.1) is 18.7 Å². The third kappa shape index (κ3) is 4.18. The lowest BCUT2D eigenvalue weighted by atomic mass is 10.0. The number of benzene rings is 1. The Morgan fingerprint density at radius 2 is 2.32 bits per heavy atom. The number of carbonyl (C=O) groups excluding carboxylic acids is 1. The van der Waals surface area contributed by atoms with Crippen LogP contribution < -0.4 is 10.1 Å². The number of carbonyl (C=O) groups is 1. The van der Waals surface area contributed by atoms with E-state index in [-0.39, 0.29) is 17.8 Å². The molecule has 1 unspecified atom stereocenters. The van der Waals surface area contributed by atoms with Gasteiger partial charge in [-0.25, -0.2) is 14.4 Å². The van der Waals surface area contributed by atoms with Crippen molar-refractivity contribution in [1.82, 2.24) is 15.3 Å². The average molecular weight is 416 g/mol. The van der Waals surface area contributed by atoms with E-state index < -0.39 is 0 Å². The van der Waals surface area contributed by atoms with E-state index in [0.717, 1.165) is 10.4 Å². The lowest BCUT2D eigenvalue weighted by molar-refractivity contribution is -0.120. The van der Waals surface area contributed by atoms with Crippen molar-refractivity contribution in [1.29, 1.82) is 0 Å². The minimum atomic E-state index is -0.330. The van der Waals surface area contributed by atoms with Gasteiger partial charge in [-0.05, 0) is 35.9 Å². The second kappa shape index (κ2) is 8.28. The maximum atomic E-state index is 14.2. The number of halogens is 1. The standard InChI is InChI=1S/C20H18FN3O2S2/c1-27-20-22-5-4-17(24-20)16-9-13(21)7-12-8-14(26-19(12)16)11-23-18(25)10-15-3-2-6-28-15/h2-7,9,14H,8,10-11H2,1H3,(H,23,25). The number of thioether (sulfide) groups is 1. The zero-order chi connectivity index (χ0) is 19.5. The van der Waals surface area contributed by atoms with Crippen LogP contribution >= 0.6 is 23.1 Å². The predicted octanol–water partition coefficient (Wildman–Crippen LogP) is 3.73. The second-order valence-corrected chi connectivity index (χ2v) is 8.18. The molecule has 1 N–H and O–H groups in total. The summed E-state index contributed by atoms with van der Waals surface area (Å²) in [4.78, 5) is 21.8. The van der Waals surface area contributed by atoms with Crippen LogP contribution in [0.4, 0.5) is 4.39 Å². The molecule has 2 aromatic heterocycles. The number of nitrogens with zero attached hydrogens (tertiary/aromatic N) is 2. The zero-order valence-corrected chi connectivity index (χ0v) is 16.8. The van der Waals surface area contributed by atoms with Crippen LogP contribution in [-0.4, -0.2) is 34.8 Å². The van der Waals surface area contributed by atoms with Crippen molar-refractivity contribution in [2.24, 2.45) is 0 Å². The second-order valence-electron chi connectivity index (χ2n) is 6.37. The fraction of sp³-hybridized carbons (Fsp3) is 0.250. The number of thiophene rings is 1. The molecule has 0 saturated heterocycles. The monoisotopic (exact) mass is 415 g/mol. The van der Waals surface area contributed by atoms with E-state index in [1.54, 1.807) is 23.6 Å². The highest BCUT2D eigenvalue weighted by Gasteiger charge is 2.28. The van der Waals surface area contributed by atoms with E-state index in [1.165, 1.54) is 23.9 Å². The number of aromatic nitrogens is 2. The van der Waals surface area contributed by atoms with Gasteiger partial charge < -0.3 is 10.1 Å². The minimum absolute atomic E-state index is 0.0474. The van der Waals surface area contributed by atoms with Crippen molar-refractivity contribution < 1.29 is 13.9 Å². The Balaban J connectivity index is 1.47. The van der Waals surface area contributed by atoms with Gasteiger partial charge in [-0.1, -0.05) is 17.8 Å². The number of rotatable bonds is 6. The number of hydrogen-bond donors (Lipinski definition) is 1. The van der Waals surface area contributed by atoms with Gasteiger partial charge in [0, 0.05) is 28.6 Å². The van der Waals surface area contributed by atoms with E-state index in [0.29, 0.717) is 41.5 Å². The third-order valence-electron chi connectivity index (χ3n) is 4.40. The van der Waals surface area contributed by atoms with Crippen molar-refractivity contribution in [2.75, 3.05) is 12.8 Å². The van der Waals surface area contributed by atoms with Crippen molar-refractivity contribution >= 4 is 29.0 Å². The molecular formula is C20H18FN3O2S2. The molecule has 0 fully saturated rings. The molecule has 1 aliphatic rings. The van der Waals surface area contributed by atoms with E-state index >= 15 is 0 Å². The average Bonchev–Trinajstić information content (AvgIpc) is 3.35. The quantitative estimate of drug-likeness (QED) is 0.491. The van der Waals surface area contributed by atoms with E-state index in [9.17, 15) is 9.18 Å². The van der Waals surface area contributed by atoms with Crippen LogP contribution in [0.5, 0.6) is 5.75 Å². The van der Waals surface area contributed by atoms with Gasteiger partial charge in [0.15, 0.2) is 5.16 Å². The molecule has 3 heterocycles. The Bertz CT molecular complexity index is 995. The highest BCUT2D eigenvalue weighted by atomic mass is 32.2. The highest BCUT2D eigenvalue weighted by Crippen LogP contribution is 2.39. The summed E-state index contributed by atoms with van der Waals surface area (Å²) in [6, 6.07) is 8.53. The van der Waals surface area contributed by atoms with Gasteiger partial charge in [0.1, 0.15) is 17.7 Å². The first-order valence-corrected chi connectivity index (χ1v) is 10.9. The SMILES string of the molecule is CSc1nccc(-c2cc(F)cc3c2OC(CNC(=O)Cc2cccs2)C3)n1. The molecule has 4 rings (SSSR count). The minimum Gasteiger partial charge on any atom is -0.487 e. The Labute approximate surface area is 170 Å². The van der Waals surface area contributed by atoms with Crippen LogP contribution in [0.1, 0.15) is 10.4 Å². The van der Waals surface area contributed by atoms with Crippen LogP contribution in [0, 0.1) is 5.82 Å². The van der Waals surface area contributed by atoms with Gasteiger partial charge in [0.2, 0.25) is 5.91 Å². The van der Waals surface area contributed by atoms with Gasteiger partial charge in [-0.3, -0.25) is 4.79 Å². The lowest BCUT2D eigenvalue weighted by Crippen LogP contribution is -2.35. The van der Waals surface area contributed by atoms with Crippen molar-refractivity contribution in [3.63, 3.8) is 0 Å². The Morgan fingerprint density at radius 3 is 3.11 bits per heavy atom. The van der Waals surface area contributed by atoms with Crippen LogP contribution in [0.3, 0.4) is 0 Å². The van der Waals surface area contributed by atoms with Crippen molar-refractivity contribution in [3.05, 3.63) is 58.2 Å². The summed E-state index contributed by atoms with van der Waals surface area (Å²) >= 11 is 2.98. The molecule has 28 heavy (non-hydrogen) atoms. The first kappa shape index (κ1) is 18.9. The summed E-state index contributed by atoms with van der Waals surface area (Å²) in [6.07, 6.45) is 4.21. The maximum absolute atomic E-state index is 14.2. The van der Waals surface area contributed by atoms with Crippen LogP contribution in [0.2, 0.25) is 0 Å². The largest absolute Gasteiger partial charge is 0.487 e. The van der Waals surface area contributed by atoms with Gasteiger partial charge >= 0.3 is 0 Å². The van der Waals surface area contributed by atoms with Crippen molar-refractivity contribution in [3.8, 4) is 17.0 Å². The summed E-state index contributed by atoms with van der Waals surface area (Å²) in [5, 5.41) is 5.48. The number of fused-ring (bicyclic) bond motifs is 1. The number of nitrogens with one attached hydrogen (secondary N) is 1. The fourth-order valence-corrected chi connectivity index (χ4v) is 4.21. The number of amides is 1. The first-order valence-electron chi connectivity index (χ1n) is 8.78. The number of ether oxygens (including phenoxy) is 1. The Hall–Kier alpha value is -2.45. The predicted molar refractivity (Wildman–Crippen MR) is 108 cm³/mol. The van der Waals surface area contributed by atoms with E-state index in [2.05, 4.69) is 15.3 Å². The molecule has 1 atom stereocenters. The molecule has 3 aromatic rings. The normalized spacial score (nSPS) is 15.1. The molecule has 0 spiro atoms. The van der Waals surface area contributed by atoms with Crippen LogP contribution in [0.15, 0.2) is 47.1 Å². The Kier molecular flexibility index (Phi) is 5.59. The highest BCUT2D eigenvalue weighted by molar-refractivity contribution is 7.98. The molecule has 5 nitrogen and oxygen atoms in total. The van der Waals surface area contributed by atoms with Crippen molar-refractivity contribution in [2.45, 2.75) is 24.1 Å². The molecule has 1 amide bonds. The zero-order valence-electron chi connectivity index (χ0n) is 15.1. The lowest BCUT2D eigenvalue weighted by Gasteiger charge is -2.13. The molecule has 8 heteroatoms.